The molecule has 0 spiro atoms. The van der Waals surface area contributed by atoms with E-state index in [0.717, 1.165) is 24.8 Å². The number of ether oxygens (including phenoxy) is 1. The van der Waals surface area contributed by atoms with E-state index in [9.17, 15) is 13.2 Å². The minimum atomic E-state index is -3.80. The molecule has 0 atom stereocenters. The van der Waals surface area contributed by atoms with Crippen molar-refractivity contribution < 1.29 is 17.9 Å². The molecular formula is C25H28N2O4S. The van der Waals surface area contributed by atoms with Crippen LogP contribution < -0.4 is 14.8 Å². The van der Waals surface area contributed by atoms with Gasteiger partial charge in [0.05, 0.1) is 17.7 Å². The lowest BCUT2D eigenvalue weighted by Crippen LogP contribution is -2.15. The van der Waals surface area contributed by atoms with Gasteiger partial charge >= 0.3 is 0 Å². The Morgan fingerprint density at radius 3 is 2.28 bits per heavy atom. The third-order valence-corrected chi connectivity index (χ3v) is 6.51. The Bertz CT molecular complexity index is 1170. The molecule has 0 aliphatic heterocycles. The fourth-order valence-electron chi connectivity index (χ4n) is 3.28. The monoisotopic (exact) mass is 452 g/mol. The Kier molecular flexibility index (Phi) is 7.53. The molecule has 0 radical (unpaired) electrons. The number of sulfonamides is 1. The Labute approximate surface area is 189 Å². The van der Waals surface area contributed by atoms with Crippen molar-refractivity contribution in [2.24, 2.45) is 0 Å². The van der Waals surface area contributed by atoms with Crippen LogP contribution in [0.3, 0.4) is 0 Å². The van der Waals surface area contributed by atoms with Crippen molar-refractivity contribution in [3.63, 3.8) is 0 Å². The fraction of sp³-hybridized carbons (Fsp3) is 0.240. The highest BCUT2D eigenvalue weighted by Gasteiger charge is 2.19. The molecule has 3 rings (SSSR count). The largest absolute Gasteiger partial charge is 0.494 e. The molecule has 0 aliphatic rings. The highest BCUT2D eigenvalue weighted by Crippen LogP contribution is 2.33. The number of methoxy groups -OCH3 is 1. The molecule has 0 bridgehead atoms. The van der Waals surface area contributed by atoms with Crippen LogP contribution in [0.4, 0.5) is 11.4 Å². The fourth-order valence-corrected chi connectivity index (χ4v) is 4.34. The molecular weight excluding hydrogens is 424 g/mol. The summed E-state index contributed by atoms with van der Waals surface area (Å²) in [5.41, 5.74) is 3.18. The highest BCUT2D eigenvalue weighted by atomic mass is 32.2. The summed E-state index contributed by atoms with van der Waals surface area (Å²) in [6.07, 6.45) is 3.07. The van der Waals surface area contributed by atoms with Crippen molar-refractivity contribution in [3.05, 3.63) is 83.4 Å². The molecule has 0 unspecified atom stereocenters. The molecule has 32 heavy (non-hydrogen) atoms. The van der Waals surface area contributed by atoms with Gasteiger partial charge in [0.1, 0.15) is 5.75 Å². The molecule has 168 valence electrons. The standard InChI is InChI=1S/C25H28N2O4S/c1-4-5-9-19-12-14-21(15-13-19)32(29,30)27-23-16-18(2)22(17-24(23)31-3)26-25(28)20-10-7-6-8-11-20/h6-8,10-17,27H,4-5,9H2,1-3H3,(H,26,28). The van der Waals surface area contributed by atoms with Crippen LogP contribution in [0.25, 0.3) is 0 Å². The van der Waals surface area contributed by atoms with Crippen LogP contribution in [0.1, 0.15) is 41.3 Å². The van der Waals surface area contributed by atoms with Gasteiger partial charge in [-0.3, -0.25) is 9.52 Å². The summed E-state index contributed by atoms with van der Waals surface area (Å²) in [5.74, 6) is 0.0503. The number of carbonyl (C=O) groups excluding carboxylic acids is 1. The van der Waals surface area contributed by atoms with E-state index in [-0.39, 0.29) is 10.8 Å². The SMILES string of the molecule is CCCCc1ccc(S(=O)(=O)Nc2cc(C)c(NC(=O)c3ccccc3)cc2OC)cc1. The quantitative estimate of drug-likeness (QED) is 0.455. The first kappa shape index (κ1) is 23.3. The lowest BCUT2D eigenvalue weighted by atomic mass is 10.1. The third-order valence-electron chi connectivity index (χ3n) is 5.13. The summed E-state index contributed by atoms with van der Waals surface area (Å²) in [5, 5.41) is 2.85. The molecule has 2 N–H and O–H groups in total. The molecule has 0 saturated carbocycles. The average Bonchev–Trinajstić information content (AvgIpc) is 2.80. The topological polar surface area (TPSA) is 84.5 Å². The number of unbranched alkanes of at least 4 members (excludes halogenated alkanes) is 1. The molecule has 3 aromatic rings. The van der Waals surface area contributed by atoms with Crippen molar-refractivity contribution in [3.8, 4) is 5.75 Å². The first-order valence-corrected chi connectivity index (χ1v) is 12.0. The molecule has 0 aliphatic carbocycles. The highest BCUT2D eigenvalue weighted by molar-refractivity contribution is 7.92. The molecule has 3 aromatic carbocycles. The van der Waals surface area contributed by atoms with Crippen LogP contribution in [0.2, 0.25) is 0 Å². The number of nitrogens with one attached hydrogen (secondary N) is 2. The summed E-state index contributed by atoms with van der Waals surface area (Å²) in [4.78, 5) is 12.7. The van der Waals surface area contributed by atoms with Crippen molar-refractivity contribution in [1.29, 1.82) is 0 Å². The second-order valence-electron chi connectivity index (χ2n) is 7.54. The van der Waals surface area contributed by atoms with Crippen LogP contribution in [-0.4, -0.2) is 21.4 Å². The minimum absolute atomic E-state index is 0.180. The third kappa shape index (κ3) is 5.68. The summed E-state index contributed by atoms with van der Waals surface area (Å²) in [7, 11) is -2.34. The van der Waals surface area contributed by atoms with Crippen molar-refractivity contribution >= 4 is 27.3 Å². The van der Waals surface area contributed by atoms with E-state index < -0.39 is 10.0 Å². The van der Waals surface area contributed by atoms with Crippen LogP contribution in [-0.2, 0) is 16.4 Å². The van der Waals surface area contributed by atoms with Crippen LogP contribution in [0.15, 0.2) is 71.6 Å². The van der Waals surface area contributed by atoms with Gasteiger partial charge in [0.25, 0.3) is 15.9 Å². The Hall–Kier alpha value is -3.32. The molecule has 0 aromatic heterocycles. The van der Waals surface area contributed by atoms with Crippen LogP contribution in [0, 0.1) is 6.92 Å². The number of aryl methyl sites for hydroxylation is 2. The predicted octanol–water partition coefficient (Wildman–Crippen LogP) is 5.40. The normalized spacial score (nSPS) is 11.1. The molecule has 0 saturated heterocycles. The maximum absolute atomic E-state index is 12.9. The van der Waals surface area contributed by atoms with Crippen molar-refractivity contribution in [2.75, 3.05) is 17.1 Å². The van der Waals surface area contributed by atoms with E-state index in [1.165, 1.54) is 7.11 Å². The van der Waals surface area contributed by atoms with E-state index in [2.05, 4.69) is 17.0 Å². The van der Waals surface area contributed by atoms with Gasteiger partial charge in [0.2, 0.25) is 0 Å². The number of anilines is 2. The lowest BCUT2D eigenvalue weighted by Gasteiger charge is -2.16. The van der Waals surface area contributed by atoms with E-state index in [1.807, 2.05) is 18.2 Å². The van der Waals surface area contributed by atoms with Crippen molar-refractivity contribution in [1.82, 2.24) is 0 Å². The second kappa shape index (κ2) is 10.3. The van der Waals surface area contributed by atoms with E-state index in [0.29, 0.717) is 28.3 Å². The molecule has 7 heteroatoms. The lowest BCUT2D eigenvalue weighted by molar-refractivity contribution is 0.102. The number of carbonyl (C=O) groups is 1. The maximum Gasteiger partial charge on any atom is 0.262 e. The van der Waals surface area contributed by atoms with E-state index in [1.54, 1.807) is 55.5 Å². The summed E-state index contributed by atoms with van der Waals surface area (Å²) in [6.45, 7) is 3.91. The summed E-state index contributed by atoms with van der Waals surface area (Å²) < 4.78 is 33.8. The van der Waals surface area contributed by atoms with Gasteiger partial charge in [-0.2, -0.15) is 0 Å². The van der Waals surface area contributed by atoms with Crippen molar-refractivity contribution in [2.45, 2.75) is 38.0 Å². The smallest absolute Gasteiger partial charge is 0.262 e. The van der Waals surface area contributed by atoms with Gasteiger partial charge < -0.3 is 10.1 Å². The first-order valence-electron chi connectivity index (χ1n) is 10.5. The average molecular weight is 453 g/mol. The van der Waals surface area contributed by atoms with Crippen LogP contribution >= 0.6 is 0 Å². The minimum Gasteiger partial charge on any atom is -0.494 e. The van der Waals surface area contributed by atoms with E-state index in [4.69, 9.17) is 4.74 Å². The Balaban J connectivity index is 1.82. The predicted molar refractivity (Wildman–Crippen MR) is 128 cm³/mol. The number of hydrogen-bond acceptors (Lipinski definition) is 4. The Morgan fingerprint density at radius 2 is 1.66 bits per heavy atom. The second-order valence-corrected chi connectivity index (χ2v) is 9.22. The van der Waals surface area contributed by atoms with Gasteiger partial charge in [-0.15, -0.1) is 0 Å². The molecule has 6 nitrogen and oxygen atoms in total. The van der Waals surface area contributed by atoms with Gasteiger partial charge in [-0.1, -0.05) is 43.7 Å². The molecule has 0 fully saturated rings. The van der Waals surface area contributed by atoms with Gasteiger partial charge in [-0.25, -0.2) is 8.42 Å². The van der Waals surface area contributed by atoms with Crippen LogP contribution in [0.5, 0.6) is 5.75 Å². The number of hydrogen-bond donors (Lipinski definition) is 2. The number of amides is 1. The zero-order chi connectivity index (χ0) is 23.1. The van der Waals surface area contributed by atoms with Gasteiger partial charge in [0.15, 0.2) is 0 Å². The van der Waals surface area contributed by atoms with Gasteiger partial charge in [-0.05, 0) is 61.2 Å². The number of rotatable bonds is 9. The molecule has 1 amide bonds. The maximum atomic E-state index is 12.9. The summed E-state index contributed by atoms with van der Waals surface area (Å²) >= 11 is 0. The molecule has 0 heterocycles. The first-order chi connectivity index (χ1) is 15.3. The zero-order valence-electron chi connectivity index (χ0n) is 18.5. The van der Waals surface area contributed by atoms with Gasteiger partial charge in [0, 0.05) is 17.3 Å². The van der Waals surface area contributed by atoms with E-state index >= 15 is 0 Å². The summed E-state index contributed by atoms with van der Waals surface area (Å²) in [6, 6.07) is 19.0. The number of benzene rings is 3. The Morgan fingerprint density at radius 1 is 0.969 bits per heavy atom. The zero-order valence-corrected chi connectivity index (χ0v) is 19.3.